The molecule has 0 spiro atoms. The van der Waals surface area contributed by atoms with Gasteiger partial charge in [-0.05, 0) is 49.3 Å². The minimum Gasteiger partial charge on any atom is -0.342 e. The Balaban J connectivity index is 1.44. The fourth-order valence-corrected chi connectivity index (χ4v) is 4.80. The number of Topliss-reactive ketones (excluding diaryl/α,β-unsaturated/α-hetero) is 1. The Morgan fingerprint density at radius 1 is 1.10 bits per heavy atom. The highest BCUT2D eigenvalue weighted by molar-refractivity contribution is 5.98. The Morgan fingerprint density at radius 3 is 2.43 bits per heavy atom. The molecule has 6 heteroatoms. The largest absolute Gasteiger partial charge is 0.342 e. The molecule has 30 heavy (non-hydrogen) atoms. The van der Waals surface area contributed by atoms with Crippen molar-refractivity contribution in [1.29, 1.82) is 0 Å². The molecule has 1 aromatic carbocycles. The van der Waals surface area contributed by atoms with Crippen LogP contribution in [0.2, 0.25) is 0 Å². The Hall–Kier alpha value is -2.24. The highest BCUT2D eigenvalue weighted by Crippen LogP contribution is 2.36. The van der Waals surface area contributed by atoms with E-state index in [0.29, 0.717) is 19.5 Å². The van der Waals surface area contributed by atoms with Gasteiger partial charge in [0.1, 0.15) is 5.82 Å². The molecule has 0 radical (unpaired) electrons. The lowest BCUT2D eigenvalue weighted by Gasteiger charge is -2.40. The molecule has 3 aliphatic rings. The first-order chi connectivity index (χ1) is 14.5. The van der Waals surface area contributed by atoms with Crippen molar-refractivity contribution in [2.45, 2.75) is 70.3 Å². The fourth-order valence-electron chi connectivity index (χ4n) is 4.80. The van der Waals surface area contributed by atoms with Crippen LogP contribution >= 0.6 is 0 Å². The average Bonchev–Trinajstić information content (AvgIpc) is 3.57. The van der Waals surface area contributed by atoms with Crippen LogP contribution in [0.5, 0.6) is 0 Å². The highest BCUT2D eigenvalue weighted by atomic mass is 19.1. The molecule has 0 unspecified atom stereocenters. The summed E-state index contributed by atoms with van der Waals surface area (Å²) < 4.78 is 14.5. The lowest BCUT2D eigenvalue weighted by atomic mass is 9.81. The molecular formula is C24H31FN2O3. The predicted octanol–water partition coefficient (Wildman–Crippen LogP) is 3.82. The predicted molar refractivity (Wildman–Crippen MR) is 112 cm³/mol. The van der Waals surface area contributed by atoms with Gasteiger partial charge in [0.25, 0.3) is 5.91 Å². The van der Waals surface area contributed by atoms with Crippen LogP contribution in [-0.2, 0) is 9.59 Å². The van der Waals surface area contributed by atoms with Crippen LogP contribution in [-0.4, -0.2) is 41.6 Å². The van der Waals surface area contributed by atoms with Gasteiger partial charge in [-0.2, -0.15) is 0 Å². The second-order valence-electron chi connectivity index (χ2n) is 9.12. The molecule has 1 atom stereocenters. The van der Waals surface area contributed by atoms with E-state index in [1.807, 2.05) is 4.90 Å². The molecule has 0 aromatic heterocycles. The van der Waals surface area contributed by atoms with Gasteiger partial charge in [-0.3, -0.25) is 14.4 Å². The number of halogens is 1. The van der Waals surface area contributed by atoms with Gasteiger partial charge in [-0.15, -0.1) is 0 Å². The Morgan fingerprint density at radius 2 is 1.80 bits per heavy atom. The topological polar surface area (TPSA) is 66.5 Å². The van der Waals surface area contributed by atoms with Crippen molar-refractivity contribution < 1.29 is 18.8 Å². The third-order valence-electron chi connectivity index (χ3n) is 6.93. The number of amides is 2. The zero-order valence-electron chi connectivity index (χ0n) is 17.7. The number of rotatable bonds is 7. The second-order valence-corrected chi connectivity index (χ2v) is 9.12. The van der Waals surface area contributed by atoms with E-state index in [0.717, 1.165) is 50.5 Å². The van der Waals surface area contributed by atoms with E-state index in [1.165, 1.54) is 6.07 Å². The quantitative estimate of drug-likeness (QED) is 0.738. The highest BCUT2D eigenvalue weighted by Gasteiger charge is 2.40. The molecule has 1 aliphatic heterocycles. The number of ketones is 1. The third-order valence-corrected chi connectivity index (χ3v) is 6.93. The van der Waals surface area contributed by atoms with Gasteiger partial charge in [0.05, 0.1) is 11.6 Å². The molecule has 2 saturated carbocycles. The van der Waals surface area contributed by atoms with Crippen LogP contribution in [0.15, 0.2) is 18.2 Å². The number of nitrogens with one attached hydrogen (secondary N) is 1. The lowest BCUT2D eigenvalue weighted by molar-refractivity contribution is -0.137. The van der Waals surface area contributed by atoms with Gasteiger partial charge in [-0.25, -0.2) is 4.39 Å². The number of likely N-dealkylation sites (tertiary alicyclic amines) is 1. The summed E-state index contributed by atoms with van der Waals surface area (Å²) in [4.78, 5) is 39.4. The van der Waals surface area contributed by atoms with Crippen molar-refractivity contribution in [3.05, 3.63) is 35.1 Å². The first-order valence-corrected chi connectivity index (χ1v) is 11.4. The van der Waals surface area contributed by atoms with Gasteiger partial charge in [0.15, 0.2) is 5.78 Å². The maximum absolute atomic E-state index is 14.5. The summed E-state index contributed by atoms with van der Waals surface area (Å²) in [5, 5.41) is 2.85. The third kappa shape index (κ3) is 4.42. The summed E-state index contributed by atoms with van der Waals surface area (Å²) in [7, 11) is 0. The smallest absolute Gasteiger partial charge is 0.254 e. The summed E-state index contributed by atoms with van der Waals surface area (Å²) in [6.07, 6.45) is 7.47. The van der Waals surface area contributed by atoms with Gasteiger partial charge < -0.3 is 10.2 Å². The van der Waals surface area contributed by atoms with Gasteiger partial charge in [-0.1, -0.05) is 32.3 Å². The maximum atomic E-state index is 14.5. The molecule has 4 rings (SSSR count). The number of nitrogens with zero attached hydrogens (tertiary/aromatic N) is 1. The first-order valence-electron chi connectivity index (χ1n) is 11.4. The van der Waals surface area contributed by atoms with Crippen LogP contribution in [0.1, 0.15) is 80.1 Å². The van der Waals surface area contributed by atoms with Gasteiger partial charge in [0.2, 0.25) is 5.91 Å². The van der Waals surface area contributed by atoms with E-state index in [2.05, 4.69) is 5.32 Å². The van der Waals surface area contributed by atoms with Crippen molar-refractivity contribution in [3.8, 4) is 0 Å². The molecule has 2 amide bonds. The Labute approximate surface area is 177 Å². The van der Waals surface area contributed by atoms with Crippen LogP contribution < -0.4 is 5.32 Å². The van der Waals surface area contributed by atoms with E-state index in [4.69, 9.17) is 0 Å². The molecule has 1 saturated heterocycles. The molecule has 1 heterocycles. The SMILES string of the molecule is CCC(=O)[C@H](NC(=O)c1cc(C2CN(C(=O)C3CC3)C2)ccc1F)C1CCCCC1. The van der Waals surface area contributed by atoms with E-state index in [-0.39, 0.29) is 35.0 Å². The lowest BCUT2D eigenvalue weighted by Crippen LogP contribution is -2.49. The Bertz CT molecular complexity index is 824. The molecule has 2 aliphatic carbocycles. The van der Waals surface area contributed by atoms with Crippen molar-refractivity contribution in [1.82, 2.24) is 10.2 Å². The number of carbonyl (C=O) groups excluding carboxylic acids is 3. The first kappa shape index (κ1) is 21.0. The molecule has 0 bridgehead atoms. The monoisotopic (exact) mass is 414 g/mol. The normalized spacial score (nSPS) is 21.1. The van der Waals surface area contributed by atoms with Crippen LogP contribution in [0.3, 0.4) is 0 Å². The van der Waals surface area contributed by atoms with Crippen molar-refractivity contribution >= 4 is 17.6 Å². The molecule has 1 aromatic rings. The summed E-state index contributed by atoms with van der Waals surface area (Å²) >= 11 is 0. The van der Waals surface area contributed by atoms with Gasteiger partial charge >= 0.3 is 0 Å². The maximum Gasteiger partial charge on any atom is 0.254 e. The number of carbonyl (C=O) groups is 3. The summed E-state index contributed by atoms with van der Waals surface area (Å²) in [5.74, 6) is -0.390. The van der Waals surface area contributed by atoms with E-state index >= 15 is 0 Å². The van der Waals surface area contributed by atoms with Crippen molar-refractivity contribution in [2.24, 2.45) is 11.8 Å². The Kier molecular flexibility index (Phi) is 6.21. The summed E-state index contributed by atoms with van der Waals surface area (Å²) in [5.41, 5.74) is 0.863. The minimum atomic E-state index is -0.576. The zero-order chi connectivity index (χ0) is 21.3. The fraction of sp³-hybridized carbons (Fsp3) is 0.625. The van der Waals surface area contributed by atoms with E-state index < -0.39 is 17.8 Å². The second kappa shape index (κ2) is 8.86. The van der Waals surface area contributed by atoms with Crippen molar-refractivity contribution in [3.63, 3.8) is 0 Å². The number of hydrogen-bond acceptors (Lipinski definition) is 3. The van der Waals surface area contributed by atoms with E-state index in [9.17, 15) is 18.8 Å². The molecule has 1 N–H and O–H groups in total. The van der Waals surface area contributed by atoms with Crippen LogP contribution in [0.4, 0.5) is 4.39 Å². The minimum absolute atomic E-state index is 0.0100. The average molecular weight is 415 g/mol. The standard InChI is InChI=1S/C24H31FN2O3/c1-2-21(28)22(15-6-4-3-5-7-15)26-23(29)19-12-17(10-11-20(19)25)18-13-27(14-18)24(30)16-8-9-16/h10-12,15-16,18,22H,2-9,13-14H2,1H3,(H,26,29)/t22-/m1/s1. The molecule has 3 fully saturated rings. The molecule has 162 valence electrons. The number of benzene rings is 1. The zero-order valence-corrected chi connectivity index (χ0v) is 17.7. The van der Waals surface area contributed by atoms with Crippen LogP contribution in [0.25, 0.3) is 0 Å². The van der Waals surface area contributed by atoms with Crippen molar-refractivity contribution in [2.75, 3.05) is 13.1 Å². The van der Waals surface area contributed by atoms with E-state index in [1.54, 1.807) is 19.1 Å². The molecular weight excluding hydrogens is 383 g/mol. The summed E-state index contributed by atoms with van der Waals surface area (Å²) in [6.45, 7) is 3.05. The van der Waals surface area contributed by atoms with Gasteiger partial charge in [0, 0.05) is 31.3 Å². The number of hydrogen-bond donors (Lipinski definition) is 1. The van der Waals surface area contributed by atoms with Crippen LogP contribution in [0, 0.1) is 17.7 Å². The molecule has 5 nitrogen and oxygen atoms in total. The summed E-state index contributed by atoms with van der Waals surface area (Å²) in [6, 6.07) is 4.09.